The van der Waals surface area contributed by atoms with Crippen LogP contribution < -0.4 is 5.32 Å². The molecule has 5 heteroatoms. The maximum atomic E-state index is 12.7. The molecule has 0 saturated heterocycles. The van der Waals surface area contributed by atoms with E-state index in [-0.39, 0.29) is 0 Å². The summed E-state index contributed by atoms with van der Waals surface area (Å²) in [6.07, 6.45) is 5.34. The summed E-state index contributed by atoms with van der Waals surface area (Å²) in [7, 11) is 0. The highest BCUT2D eigenvalue weighted by Gasteiger charge is 1.95. The lowest BCUT2D eigenvalue weighted by Crippen LogP contribution is -2.10. The molecule has 0 aliphatic heterocycles. The summed E-state index contributed by atoms with van der Waals surface area (Å²) in [4.78, 5) is 7.61. The average molecular weight is 206 g/mol. The highest BCUT2D eigenvalue weighted by molar-refractivity contribution is 5.33. The topological polar surface area (TPSA) is 42.7 Å². The minimum atomic E-state index is -0.470. The summed E-state index contributed by atoms with van der Waals surface area (Å²) in [5, 5.41) is 3.02. The van der Waals surface area contributed by atoms with Gasteiger partial charge < -0.3 is 9.88 Å². The molecule has 0 aromatic carbocycles. The average Bonchev–Trinajstić information content (AvgIpc) is 2.71. The smallest absolute Gasteiger partial charge is 0.214 e. The Morgan fingerprint density at radius 3 is 3.07 bits per heavy atom. The second kappa shape index (κ2) is 4.54. The molecule has 0 spiro atoms. The molecule has 0 saturated carbocycles. The van der Waals surface area contributed by atoms with Gasteiger partial charge in [-0.05, 0) is 12.1 Å². The fourth-order valence-corrected chi connectivity index (χ4v) is 1.24. The number of nitrogens with one attached hydrogen (secondary N) is 1. The van der Waals surface area contributed by atoms with E-state index in [0.29, 0.717) is 12.4 Å². The molecule has 0 fully saturated rings. The second-order valence-electron chi connectivity index (χ2n) is 3.07. The first-order chi connectivity index (χ1) is 7.34. The lowest BCUT2D eigenvalue weighted by Gasteiger charge is -2.05. The zero-order chi connectivity index (χ0) is 10.5. The van der Waals surface area contributed by atoms with Crippen LogP contribution in [0.1, 0.15) is 0 Å². The van der Waals surface area contributed by atoms with E-state index in [1.807, 2.05) is 10.8 Å². The summed E-state index contributed by atoms with van der Waals surface area (Å²) in [6, 6.07) is 4.68. The largest absolute Gasteiger partial charge is 0.368 e. The van der Waals surface area contributed by atoms with Crippen LogP contribution in [0.25, 0.3) is 0 Å². The van der Waals surface area contributed by atoms with Gasteiger partial charge in [-0.15, -0.1) is 0 Å². The van der Waals surface area contributed by atoms with Crippen LogP contribution in [0.3, 0.4) is 0 Å². The third-order valence-electron chi connectivity index (χ3n) is 1.95. The van der Waals surface area contributed by atoms with Crippen LogP contribution >= 0.6 is 0 Å². The standard InChI is InChI=1S/C10H11FN4/c11-9-2-1-3-10(14-9)13-5-7-15-6-4-12-8-15/h1-4,6,8H,5,7H2,(H,13,14). The second-order valence-corrected chi connectivity index (χ2v) is 3.07. The molecule has 0 atom stereocenters. The monoisotopic (exact) mass is 206 g/mol. The van der Waals surface area contributed by atoms with Gasteiger partial charge in [0.1, 0.15) is 5.82 Å². The van der Waals surface area contributed by atoms with E-state index in [2.05, 4.69) is 15.3 Å². The Balaban J connectivity index is 1.83. The van der Waals surface area contributed by atoms with Crippen molar-refractivity contribution in [2.75, 3.05) is 11.9 Å². The number of anilines is 1. The number of rotatable bonds is 4. The highest BCUT2D eigenvalue weighted by atomic mass is 19.1. The third kappa shape index (κ3) is 2.77. The van der Waals surface area contributed by atoms with Crippen LogP contribution in [0.4, 0.5) is 10.2 Å². The summed E-state index contributed by atoms with van der Waals surface area (Å²) >= 11 is 0. The third-order valence-corrected chi connectivity index (χ3v) is 1.95. The molecule has 2 aromatic rings. The van der Waals surface area contributed by atoms with Crippen LogP contribution in [-0.2, 0) is 6.54 Å². The van der Waals surface area contributed by atoms with Crippen molar-refractivity contribution in [1.29, 1.82) is 0 Å². The SMILES string of the molecule is Fc1cccc(NCCn2ccnc2)n1. The van der Waals surface area contributed by atoms with Crippen molar-refractivity contribution in [1.82, 2.24) is 14.5 Å². The zero-order valence-electron chi connectivity index (χ0n) is 8.10. The molecule has 0 bridgehead atoms. The van der Waals surface area contributed by atoms with E-state index in [0.717, 1.165) is 6.54 Å². The lowest BCUT2D eigenvalue weighted by molar-refractivity contribution is 0.584. The first-order valence-corrected chi connectivity index (χ1v) is 4.67. The molecule has 0 radical (unpaired) electrons. The van der Waals surface area contributed by atoms with Gasteiger partial charge in [0, 0.05) is 25.5 Å². The molecule has 15 heavy (non-hydrogen) atoms. The predicted octanol–water partition coefficient (Wildman–Crippen LogP) is 1.53. The molecule has 4 nitrogen and oxygen atoms in total. The van der Waals surface area contributed by atoms with Crippen molar-refractivity contribution in [2.24, 2.45) is 0 Å². The summed E-state index contributed by atoms with van der Waals surface area (Å²) in [5.41, 5.74) is 0. The van der Waals surface area contributed by atoms with E-state index < -0.39 is 5.95 Å². The molecule has 2 rings (SSSR count). The first kappa shape index (κ1) is 9.64. The molecule has 2 aromatic heterocycles. The molecular formula is C10H11FN4. The molecule has 0 aliphatic rings. The van der Waals surface area contributed by atoms with Gasteiger partial charge in [0.2, 0.25) is 5.95 Å². The van der Waals surface area contributed by atoms with Gasteiger partial charge >= 0.3 is 0 Å². The van der Waals surface area contributed by atoms with E-state index in [4.69, 9.17) is 0 Å². The summed E-state index contributed by atoms with van der Waals surface area (Å²) in [6.45, 7) is 1.46. The van der Waals surface area contributed by atoms with Crippen LogP contribution in [0, 0.1) is 5.95 Å². The minimum Gasteiger partial charge on any atom is -0.368 e. The van der Waals surface area contributed by atoms with Gasteiger partial charge in [-0.25, -0.2) is 9.97 Å². The van der Waals surface area contributed by atoms with Crippen LogP contribution in [-0.4, -0.2) is 21.1 Å². The van der Waals surface area contributed by atoms with Crippen LogP contribution in [0.5, 0.6) is 0 Å². The van der Waals surface area contributed by atoms with E-state index in [1.54, 1.807) is 24.7 Å². The first-order valence-electron chi connectivity index (χ1n) is 4.67. The Morgan fingerprint density at radius 2 is 2.33 bits per heavy atom. The number of halogens is 1. The minimum absolute atomic E-state index is 0.470. The Labute approximate surface area is 86.8 Å². The quantitative estimate of drug-likeness (QED) is 0.771. The number of imidazole rings is 1. The normalized spacial score (nSPS) is 10.2. The van der Waals surface area contributed by atoms with Crippen LogP contribution in [0.15, 0.2) is 36.9 Å². The van der Waals surface area contributed by atoms with Crippen molar-refractivity contribution in [3.8, 4) is 0 Å². The fourth-order valence-electron chi connectivity index (χ4n) is 1.24. The van der Waals surface area contributed by atoms with E-state index >= 15 is 0 Å². The van der Waals surface area contributed by atoms with E-state index in [9.17, 15) is 4.39 Å². The Morgan fingerprint density at radius 1 is 1.40 bits per heavy atom. The number of aromatic nitrogens is 3. The molecule has 78 valence electrons. The fraction of sp³-hybridized carbons (Fsp3) is 0.200. The number of pyridine rings is 1. The number of hydrogen-bond donors (Lipinski definition) is 1. The molecule has 0 unspecified atom stereocenters. The Bertz CT molecular complexity index is 413. The Hall–Kier alpha value is -1.91. The van der Waals surface area contributed by atoms with Gasteiger partial charge in [0.25, 0.3) is 0 Å². The molecule has 1 N–H and O–H groups in total. The molecule has 0 amide bonds. The van der Waals surface area contributed by atoms with Crippen molar-refractivity contribution in [3.05, 3.63) is 42.9 Å². The molecular weight excluding hydrogens is 195 g/mol. The Kier molecular flexibility index (Phi) is 2.92. The van der Waals surface area contributed by atoms with Crippen molar-refractivity contribution in [2.45, 2.75) is 6.54 Å². The summed E-state index contributed by atoms with van der Waals surface area (Å²) < 4.78 is 14.6. The number of hydrogen-bond acceptors (Lipinski definition) is 3. The zero-order valence-corrected chi connectivity index (χ0v) is 8.10. The van der Waals surface area contributed by atoms with Gasteiger partial charge in [-0.2, -0.15) is 4.39 Å². The highest BCUT2D eigenvalue weighted by Crippen LogP contribution is 2.02. The van der Waals surface area contributed by atoms with Crippen LogP contribution in [0.2, 0.25) is 0 Å². The number of nitrogens with zero attached hydrogens (tertiary/aromatic N) is 3. The maximum absolute atomic E-state index is 12.7. The van der Waals surface area contributed by atoms with Gasteiger partial charge in [-0.1, -0.05) is 6.07 Å². The molecule has 2 heterocycles. The van der Waals surface area contributed by atoms with Gasteiger partial charge in [0.15, 0.2) is 0 Å². The van der Waals surface area contributed by atoms with Gasteiger partial charge in [-0.3, -0.25) is 0 Å². The summed E-state index contributed by atoms with van der Waals surface area (Å²) in [5.74, 6) is 0.0812. The van der Waals surface area contributed by atoms with Crippen molar-refractivity contribution < 1.29 is 4.39 Å². The lowest BCUT2D eigenvalue weighted by atomic mass is 10.4. The van der Waals surface area contributed by atoms with Crippen molar-refractivity contribution >= 4 is 5.82 Å². The van der Waals surface area contributed by atoms with E-state index in [1.165, 1.54) is 6.07 Å². The molecule has 0 aliphatic carbocycles. The predicted molar refractivity (Wildman–Crippen MR) is 54.9 cm³/mol. The maximum Gasteiger partial charge on any atom is 0.214 e. The van der Waals surface area contributed by atoms with Gasteiger partial charge in [0.05, 0.1) is 6.33 Å². The van der Waals surface area contributed by atoms with Crippen molar-refractivity contribution in [3.63, 3.8) is 0 Å².